The van der Waals surface area contributed by atoms with Crippen molar-refractivity contribution in [1.29, 1.82) is 0 Å². The number of hydrogen-bond acceptors (Lipinski definition) is 6. The van der Waals surface area contributed by atoms with Crippen LogP contribution >= 0.6 is 24.8 Å². The van der Waals surface area contributed by atoms with Crippen LogP contribution < -0.4 is 14.8 Å². The molecule has 7 nitrogen and oxygen atoms in total. The fourth-order valence-corrected chi connectivity index (χ4v) is 4.12. The molecule has 31 heavy (non-hydrogen) atoms. The second-order valence-electron chi connectivity index (χ2n) is 6.84. The summed E-state index contributed by atoms with van der Waals surface area (Å²) >= 11 is 0. The predicted octanol–water partition coefficient (Wildman–Crippen LogP) is 2.77. The van der Waals surface area contributed by atoms with Crippen molar-refractivity contribution in [3.05, 3.63) is 67.0 Å². The summed E-state index contributed by atoms with van der Waals surface area (Å²) in [6.45, 7) is 2.59. The average molecular weight is 488 g/mol. The zero-order valence-electron chi connectivity index (χ0n) is 17.0. The number of nitrogens with one attached hydrogen (secondary N) is 2. The molecule has 3 N–H and O–H groups in total. The van der Waals surface area contributed by atoms with Gasteiger partial charge in [-0.1, -0.05) is 24.3 Å². The number of pyridine rings is 1. The molecule has 0 aliphatic rings. The second-order valence-corrected chi connectivity index (χ2v) is 8.56. The van der Waals surface area contributed by atoms with Gasteiger partial charge in [0, 0.05) is 36.9 Å². The van der Waals surface area contributed by atoms with Gasteiger partial charge in [0.2, 0.25) is 10.0 Å². The molecule has 170 valence electrons. The van der Waals surface area contributed by atoms with Crippen LogP contribution in [0.4, 0.5) is 0 Å². The molecular weight excluding hydrogens is 461 g/mol. The number of rotatable bonds is 10. The lowest BCUT2D eigenvalue weighted by Crippen LogP contribution is -2.42. The van der Waals surface area contributed by atoms with Crippen molar-refractivity contribution >= 4 is 45.6 Å². The van der Waals surface area contributed by atoms with Gasteiger partial charge in [-0.15, -0.1) is 24.8 Å². The Morgan fingerprint density at radius 2 is 1.77 bits per heavy atom. The van der Waals surface area contributed by atoms with Crippen LogP contribution in [0.25, 0.3) is 10.8 Å². The molecule has 2 atom stereocenters. The number of hydrogen-bond donors (Lipinski definition) is 3. The van der Waals surface area contributed by atoms with Crippen LogP contribution in [0.5, 0.6) is 5.75 Å². The van der Waals surface area contributed by atoms with E-state index in [1.54, 1.807) is 43.6 Å². The topological polar surface area (TPSA) is 101 Å². The first kappa shape index (κ1) is 27.1. The maximum absolute atomic E-state index is 12.6. The van der Waals surface area contributed by atoms with Crippen LogP contribution in [-0.4, -0.2) is 50.4 Å². The van der Waals surface area contributed by atoms with E-state index >= 15 is 0 Å². The number of fused-ring (bicyclic) bond motifs is 1. The van der Waals surface area contributed by atoms with Gasteiger partial charge < -0.3 is 15.2 Å². The van der Waals surface area contributed by atoms with E-state index in [2.05, 4.69) is 15.0 Å². The Morgan fingerprint density at radius 3 is 2.52 bits per heavy atom. The Morgan fingerprint density at radius 1 is 1.03 bits per heavy atom. The van der Waals surface area contributed by atoms with E-state index in [9.17, 15) is 13.5 Å². The van der Waals surface area contributed by atoms with Crippen molar-refractivity contribution < 1.29 is 18.3 Å². The number of benzene rings is 2. The van der Waals surface area contributed by atoms with Crippen molar-refractivity contribution in [2.75, 3.05) is 19.7 Å². The molecule has 0 bridgehead atoms. The number of aliphatic hydroxyl groups is 1. The molecule has 1 aromatic heterocycles. The number of sulfonamides is 1. The highest BCUT2D eigenvalue weighted by atomic mass is 35.5. The second kappa shape index (κ2) is 12.8. The third-order valence-corrected chi connectivity index (χ3v) is 5.88. The first-order valence-corrected chi connectivity index (χ1v) is 10.8. The van der Waals surface area contributed by atoms with Gasteiger partial charge in [-0.25, -0.2) is 13.1 Å². The smallest absolute Gasteiger partial charge is 0.240 e. The Kier molecular flexibility index (Phi) is 11.2. The summed E-state index contributed by atoms with van der Waals surface area (Å²) in [5.41, 5.74) is 0. The molecule has 0 aliphatic carbocycles. The third-order valence-electron chi connectivity index (χ3n) is 4.29. The Hall–Kier alpha value is -1.94. The first-order valence-electron chi connectivity index (χ1n) is 9.37. The summed E-state index contributed by atoms with van der Waals surface area (Å²) in [5, 5.41) is 14.8. The van der Waals surface area contributed by atoms with Gasteiger partial charge in [-0.3, -0.25) is 4.98 Å². The molecule has 0 saturated heterocycles. The van der Waals surface area contributed by atoms with E-state index in [0.29, 0.717) is 18.8 Å². The average Bonchev–Trinajstić information content (AvgIpc) is 2.72. The number of aromatic nitrogens is 1. The lowest BCUT2D eigenvalue weighted by atomic mass is 10.2. The minimum atomic E-state index is -3.65. The van der Waals surface area contributed by atoms with Gasteiger partial charge in [-0.05, 0) is 42.6 Å². The summed E-state index contributed by atoms with van der Waals surface area (Å²) in [4.78, 5) is 4.24. The molecule has 0 aliphatic heterocycles. The normalized spacial score (nSPS) is 13.0. The number of para-hydroxylation sites is 1. The number of aliphatic hydroxyl groups excluding tert-OH is 1. The van der Waals surface area contributed by atoms with Gasteiger partial charge >= 0.3 is 0 Å². The molecule has 0 spiro atoms. The van der Waals surface area contributed by atoms with Crippen LogP contribution in [0.15, 0.2) is 71.9 Å². The molecule has 0 radical (unpaired) electrons. The fourth-order valence-electron chi connectivity index (χ4n) is 2.84. The zero-order valence-corrected chi connectivity index (χ0v) is 19.4. The van der Waals surface area contributed by atoms with Crippen molar-refractivity contribution in [3.8, 4) is 5.75 Å². The molecule has 1 heterocycles. The Balaban J connectivity index is 0.00000240. The minimum Gasteiger partial charge on any atom is -0.491 e. The Labute approximate surface area is 195 Å². The van der Waals surface area contributed by atoms with E-state index in [4.69, 9.17) is 4.74 Å². The van der Waals surface area contributed by atoms with Gasteiger partial charge in [0.15, 0.2) is 0 Å². The zero-order chi connectivity index (χ0) is 20.7. The minimum absolute atomic E-state index is 0. The Bertz CT molecular complexity index is 1040. The lowest BCUT2D eigenvalue weighted by Gasteiger charge is -2.17. The van der Waals surface area contributed by atoms with Crippen molar-refractivity contribution in [2.45, 2.75) is 24.0 Å². The van der Waals surface area contributed by atoms with E-state index < -0.39 is 16.1 Å². The predicted molar refractivity (Wildman–Crippen MR) is 127 cm³/mol. The van der Waals surface area contributed by atoms with E-state index in [1.807, 2.05) is 30.3 Å². The van der Waals surface area contributed by atoms with Gasteiger partial charge in [0.25, 0.3) is 0 Å². The number of ether oxygens (including phenoxy) is 1. The molecule has 0 saturated carbocycles. The highest BCUT2D eigenvalue weighted by Crippen LogP contribution is 2.18. The molecular formula is C21H27Cl2N3O4S. The maximum atomic E-state index is 12.6. The molecule has 3 rings (SSSR count). The molecule has 1 unspecified atom stereocenters. The molecule has 2 aromatic carbocycles. The van der Waals surface area contributed by atoms with Crippen molar-refractivity contribution in [1.82, 2.24) is 15.0 Å². The largest absolute Gasteiger partial charge is 0.491 e. The molecule has 10 heteroatoms. The third kappa shape index (κ3) is 8.25. The van der Waals surface area contributed by atoms with Crippen LogP contribution in [0.3, 0.4) is 0 Å². The van der Waals surface area contributed by atoms with Crippen molar-refractivity contribution in [2.24, 2.45) is 0 Å². The monoisotopic (exact) mass is 487 g/mol. The van der Waals surface area contributed by atoms with Crippen LogP contribution in [0, 0.1) is 0 Å². The summed E-state index contributed by atoms with van der Waals surface area (Å²) in [5.74, 6) is 0.693. The summed E-state index contributed by atoms with van der Waals surface area (Å²) in [6.07, 6.45) is 2.62. The fraction of sp³-hybridized carbons (Fsp3) is 0.286. The van der Waals surface area contributed by atoms with Crippen LogP contribution in [0.1, 0.15) is 6.92 Å². The number of halogens is 2. The summed E-state index contributed by atoms with van der Waals surface area (Å²) in [6, 6.07) is 15.6. The molecule has 3 aromatic rings. The van der Waals surface area contributed by atoms with Crippen LogP contribution in [0.2, 0.25) is 0 Å². The standard InChI is InChI=1S/C21H25N3O4S.2ClH/c1-16(12-23-14-19(25)15-28-20-5-3-2-4-6-20)24-29(26,27)21-8-7-18-13-22-10-9-17(18)11-21;;/h2-11,13,16,19,23-25H,12,14-15H2,1H3;2*1H/t16-,19?;;/m1../s1. The SMILES string of the molecule is C[C@H](CNCC(O)COc1ccccc1)NS(=O)(=O)c1ccc2cnccc2c1.Cl.Cl. The van der Waals surface area contributed by atoms with Crippen molar-refractivity contribution in [3.63, 3.8) is 0 Å². The van der Waals surface area contributed by atoms with E-state index in [1.165, 1.54) is 0 Å². The quantitative estimate of drug-likeness (QED) is 0.406. The van der Waals surface area contributed by atoms with E-state index in [0.717, 1.165) is 10.8 Å². The summed E-state index contributed by atoms with van der Waals surface area (Å²) in [7, 11) is -3.65. The number of nitrogens with zero attached hydrogens (tertiary/aromatic N) is 1. The molecule has 0 fully saturated rings. The highest BCUT2D eigenvalue weighted by molar-refractivity contribution is 7.89. The first-order chi connectivity index (χ1) is 13.9. The maximum Gasteiger partial charge on any atom is 0.240 e. The summed E-state index contributed by atoms with van der Waals surface area (Å²) < 4.78 is 33.4. The lowest BCUT2D eigenvalue weighted by molar-refractivity contribution is 0.106. The van der Waals surface area contributed by atoms with Gasteiger partial charge in [-0.2, -0.15) is 0 Å². The van der Waals surface area contributed by atoms with E-state index in [-0.39, 0.29) is 42.4 Å². The van der Waals surface area contributed by atoms with Gasteiger partial charge in [0.1, 0.15) is 18.5 Å². The van der Waals surface area contributed by atoms with Crippen LogP contribution in [-0.2, 0) is 10.0 Å². The highest BCUT2D eigenvalue weighted by Gasteiger charge is 2.18. The molecule has 0 amide bonds. The van der Waals surface area contributed by atoms with Gasteiger partial charge in [0.05, 0.1) is 4.90 Å².